The minimum Gasteiger partial charge on any atom is -0.320 e. The standard InChI is InChI=1S/C16H24N2O/c1-3-12(2)15(17)16(19)18-11-7-6-9-13-8-4-5-10-14(13)18/h4-5,8,10,12,15H,3,6-7,9,11,17H2,1-2H3/t12-,15-/m0/s1. The predicted molar refractivity (Wildman–Crippen MR) is 79.2 cm³/mol. The van der Waals surface area contributed by atoms with E-state index < -0.39 is 6.04 Å². The van der Waals surface area contributed by atoms with E-state index in [2.05, 4.69) is 13.0 Å². The van der Waals surface area contributed by atoms with Gasteiger partial charge in [0.2, 0.25) is 5.91 Å². The van der Waals surface area contributed by atoms with E-state index in [4.69, 9.17) is 5.73 Å². The van der Waals surface area contributed by atoms with Crippen molar-refractivity contribution < 1.29 is 4.79 Å². The number of amides is 1. The Kier molecular flexibility index (Phi) is 4.59. The second kappa shape index (κ2) is 6.20. The molecule has 1 aromatic rings. The van der Waals surface area contributed by atoms with Crippen LogP contribution in [0.25, 0.3) is 0 Å². The summed E-state index contributed by atoms with van der Waals surface area (Å²) in [5, 5.41) is 0. The van der Waals surface area contributed by atoms with Crippen LogP contribution in [-0.4, -0.2) is 18.5 Å². The van der Waals surface area contributed by atoms with Gasteiger partial charge in [-0.3, -0.25) is 4.79 Å². The van der Waals surface area contributed by atoms with Gasteiger partial charge < -0.3 is 10.6 Å². The van der Waals surface area contributed by atoms with Gasteiger partial charge in [0.15, 0.2) is 0 Å². The molecule has 0 bridgehead atoms. The van der Waals surface area contributed by atoms with Gasteiger partial charge in [0.05, 0.1) is 6.04 Å². The molecule has 2 rings (SSSR count). The maximum absolute atomic E-state index is 12.6. The number of hydrogen-bond donors (Lipinski definition) is 1. The normalized spacial score (nSPS) is 18.4. The number of benzene rings is 1. The average molecular weight is 260 g/mol. The molecule has 104 valence electrons. The molecule has 1 aliphatic rings. The zero-order valence-corrected chi connectivity index (χ0v) is 11.9. The average Bonchev–Trinajstić information content (AvgIpc) is 2.67. The van der Waals surface area contributed by atoms with Crippen molar-refractivity contribution >= 4 is 11.6 Å². The van der Waals surface area contributed by atoms with Crippen molar-refractivity contribution in [2.45, 2.75) is 45.6 Å². The van der Waals surface area contributed by atoms with Gasteiger partial charge in [-0.15, -0.1) is 0 Å². The van der Waals surface area contributed by atoms with Gasteiger partial charge in [0, 0.05) is 12.2 Å². The number of carbonyl (C=O) groups is 1. The summed E-state index contributed by atoms with van der Waals surface area (Å²) in [6.45, 7) is 4.92. The van der Waals surface area contributed by atoms with E-state index in [1.807, 2.05) is 30.0 Å². The molecule has 0 unspecified atom stereocenters. The molecular weight excluding hydrogens is 236 g/mol. The smallest absolute Gasteiger partial charge is 0.244 e. The van der Waals surface area contributed by atoms with Crippen molar-refractivity contribution in [1.29, 1.82) is 0 Å². The number of carbonyl (C=O) groups excluding carboxylic acids is 1. The molecule has 3 nitrogen and oxygen atoms in total. The number of para-hydroxylation sites is 1. The Morgan fingerprint density at radius 2 is 2.11 bits per heavy atom. The first-order valence-electron chi connectivity index (χ1n) is 7.30. The first-order chi connectivity index (χ1) is 9.15. The van der Waals surface area contributed by atoms with Crippen LogP contribution in [0.5, 0.6) is 0 Å². The van der Waals surface area contributed by atoms with Crippen molar-refractivity contribution in [2.24, 2.45) is 11.7 Å². The summed E-state index contributed by atoms with van der Waals surface area (Å²) in [5.41, 5.74) is 8.45. The molecule has 1 heterocycles. The Hall–Kier alpha value is -1.35. The zero-order valence-electron chi connectivity index (χ0n) is 11.9. The van der Waals surface area contributed by atoms with Crippen molar-refractivity contribution in [1.82, 2.24) is 0 Å². The molecule has 0 saturated carbocycles. The second-order valence-corrected chi connectivity index (χ2v) is 5.49. The van der Waals surface area contributed by atoms with Crippen LogP contribution in [0, 0.1) is 5.92 Å². The van der Waals surface area contributed by atoms with E-state index in [9.17, 15) is 4.79 Å². The number of fused-ring (bicyclic) bond motifs is 1. The van der Waals surface area contributed by atoms with Gasteiger partial charge in [-0.05, 0) is 36.8 Å². The van der Waals surface area contributed by atoms with Gasteiger partial charge >= 0.3 is 0 Å². The third-order valence-corrected chi connectivity index (χ3v) is 4.17. The van der Waals surface area contributed by atoms with Gasteiger partial charge in [0.1, 0.15) is 0 Å². The third-order valence-electron chi connectivity index (χ3n) is 4.17. The molecule has 0 aliphatic carbocycles. The Labute approximate surface area is 115 Å². The summed E-state index contributed by atoms with van der Waals surface area (Å²) in [5.74, 6) is 0.298. The SMILES string of the molecule is CC[C@H](C)[C@H](N)C(=O)N1CCCCc2ccccc21. The number of rotatable bonds is 3. The molecule has 1 aliphatic heterocycles. The molecule has 2 atom stereocenters. The first kappa shape index (κ1) is 14.1. The van der Waals surface area contributed by atoms with E-state index in [-0.39, 0.29) is 11.8 Å². The fourth-order valence-corrected chi connectivity index (χ4v) is 2.60. The van der Waals surface area contributed by atoms with E-state index in [1.165, 1.54) is 5.56 Å². The van der Waals surface area contributed by atoms with Crippen LogP contribution in [0.3, 0.4) is 0 Å². The van der Waals surface area contributed by atoms with Crippen molar-refractivity contribution in [3.63, 3.8) is 0 Å². The molecule has 0 radical (unpaired) electrons. The molecule has 0 spiro atoms. The van der Waals surface area contributed by atoms with E-state index in [0.717, 1.165) is 37.9 Å². The van der Waals surface area contributed by atoms with Gasteiger partial charge in [-0.25, -0.2) is 0 Å². The first-order valence-corrected chi connectivity index (χ1v) is 7.30. The quantitative estimate of drug-likeness (QED) is 0.908. The zero-order chi connectivity index (χ0) is 13.8. The lowest BCUT2D eigenvalue weighted by Gasteiger charge is -2.28. The van der Waals surface area contributed by atoms with Crippen LogP contribution >= 0.6 is 0 Å². The Bertz CT molecular complexity index is 444. The molecule has 0 aromatic heterocycles. The Balaban J connectivity index is 2.26. The van der Waals surface area contributed by atoms with Crippen molar-refractivity contribution in [2.75, 3.05) is 11.4 Å². The van der Waals surface area contributed by atoms with E-state index >= 15 is 0 Å². The maximum atomic E-state index is 12.6. The molecule has 1 aromatic carbocycles. The van der Waals surface area contributed by atoms with Crippen LogP contribution in [0.1, 0.15) is 38.7 Å². The number of hydrogen-bond acceptors (Lipinski definition) is 2. The molecule has 0 saturated heterocycles. The van der Waals surface area contributed by atoms with Gasteiger partial charge in [0.25, 0.3) is 0 Å². The fraction of sp³-hybridized carbons (Fsp3) is 0.562. The fourth-order valence-electron chi connectivity index (χ4n) is 2.60. The van der Waals surface area contributed by atoms with E-state index in [0.29, 0.717) is 0 Å². The molecule has 19 heavy (non-hydrogen) atoms. The van der Waals surface area contributed by atoms with Crippen LogP contribution in [0.15, 0.2) is 24.3 Å². The van der Waals surface area contributed by atoms with E-state index in [1.54, 1.807) is 0 Å². The number of nitrogens with two attached hydrogens (primary N) is 1. The monoisotopic (exact) mass is 260 g/mol. The minimum atomic E-state index is -0.392. The maximum Gasteiger partial charge on any atom is 0.244 e. The Morgan fingerprint density at radius 3 is 2.84 bits per heavy atom. The van der Waals surface area contributed by atoms with Gasteiger partial charge in [-0.2, -0.15) is 0 Å². The second-order valence-electron chi connectivity index (χ2n) is 5.49. The number of anilines is 1. The summed E-state index contributed by atoms with van der Waals surface area (Å²) >= 11 is 0. The molecule has 0 fully saturated rings. The summed E-state index contributed by atoms with van der Waals surface area (Å²) in [6.07, 6.45) is 4.17. The summed E-state index contributed by atoms with van der Waals surface area (Å²) in [4.78, 5) is 14.5. The summed E-state index contributed by atoms with van der Waals surface area (Å²) < 4.78 is 0. The summed E-state index contributed by atoms with van der Waals surface area (Å²) in [6, 6.07) is 7.81. The lowest BCUT2D eigenvalue weighted by molar-refractivity contribution is -0.120. The molecule has 2 N–H and O–H groups in total. The lowest BCUT2D eigenvalue weighted by Crippen LogP contribution is -2.47. The number of nitrogens with zero attached hydrogens (tertiary/aromatic N) is 1. The van der Waals surface area contributed by atoms with Gasteiger partial charge in [-0.1, -0.05) is 38.5 Å². The largest absolute Gasteiger partial charge is 0.320 e. The highest BCUT2D eigenvalue weighted by molar-refractivity contribution is 5.98. The van der Waals surface area contributed by atoms with Crippen LogP contribution in [0.2, 0.25) is 0 Å². The summed E-state index contributed by atoms with van der Waals surface area (Å²) in [7, 11) is 0. The highest BCUT2D eigenvalue weighted by atomic mass is 16.2. The Morgan fingerprint density at radius 1 is 1.37 bits per heavy atom. The van der Waals surface area contributed by atoms with Crippen LogP contribution in [0.4, 0.5) is 5.69 Å². The third kappa shape index (κ3) is 2.98. The van der Waals surface area contributed by atoms with Crippen molar-refractivity contribution in [3.05, 3.63) is 29.8 Å². The van der Waals surface area contributed by atoms with Crippen LogP contribution < -0.4 is 10.6 Å². The lowest BCUT2D eigenvalue weighted by atomic mass is 9.98. The number of aryl methyl sites for hydroxylation is 1. The molecular formula is C16H24N2O. The van der Waals surface area contributed by atoms with Crippen molar-refractivity contribution in [3.8, 4) is 0 Å². The molecule has 3 heteroatoms. The topological polar surface area (TPSA) is 46.3 Å². The van der Waals surface area contributed by atoms with Crippen LogP contribution in [-0.2, 0) is 11.2 Å². The minimum absolute atomic E-state index is 0.0729. The molecule has 1 amide bonds. The predicted octanol–water partition coefficient (Wildman–Crippen LogP) is 2.73. The highest BCUT2D eigenvalue weighted by Gasteiger charge is 2.27. The highest BCUT2D eigenvalue weighted by Crippen LogP contribution is 2.27.